The number of nitrogens with zero attached hydrogens (tertiary/aromatic N) is 4. The summed E-state index contributed by atoms with van der Waals surface area (Å²) in [5, 5.41) is 7.77. The number of hydrogen-bond acceptors (Lipinski definition) is 5. The lowest BCUT2D eigenvalue weighted by Gasteiger charge is -2.07. The van der Waals surface area contributed by atoms with E-state index in [9.17, 15) is 9.59 Å². The van der Waals surface area contributed by atoms with Crippen LogP contribution in [0.1, 0.15) is 0 Å². The maximum atomic E-state index is 11.9. The standard InChI is InChI=1S/C12H13N5O2/c1-16-10(13)9(11(18)17(2)12(16)19)15-14-8-6-4-3-5-7-8/h3-7H,13H2,1-2H3. The Bertz CT molecular complexity index is 743. The molecule has 2 N–H and O–H groups in total. The summed E-state index contributed by atoms with van der Waals surface area (Å²) in [5.41, 5.74) is 5.19. The van der Waals surface area contributed by atoms with E-state index in [0.717, 1.165) is 9.13 Å². The van der Waals surface area contributed by atoms with Crippen molar-refractivity contribution in [1.82, 2.24) is 9.13 Å². The molecule has 19 heavy (non-hydrogen) atoms. The van der Waals surface area contributed by atoms with Crippen molar-refractivity contribution < 1.29 is 0 Å². The van der Waals surface area contributed by atoms with Crippen molar-refractivity contribution in [2.45, 2.75) is 0 Å². The number of rotatable bonds is 2. The van der Waals surface area contributed by atoms with Crippen molar-refractivity contribution in [1.29, 1.82) is 0 Å². The van der Waals surface area contributed by atoms with E-state index in [2.05, 4.69) is 10.2 Å². The SMILES string of the molecule is Cn1c(N)c(N=Nc2ccccc2)c(=O)n(C)c1=O. The van der Waals surface area contributed by atoms with E-state index in [0.29, 0.717) is 5.69 Å². The van der Waals surface area contributed by atoms with Crippen LogP contribution in [-0.2, 0) is 14.1 Å². The molecule has 1 heterocycles. The normalized spacial score (nSPS) is 11.1. The molecular weight excluding hydrogens is 246 g/mol. The van der Waals surface area contributed by atoms with Gasteiger partial charge in [0.1, 0.15) is 5.82 Å². The first kappa shape index (κ1) is 12.7. The molecule has 7 heteroatoms. The first-order valence-corrected chi connectivity index (χ1v) is 5.54. The van der Waals surface area contributed by atoms with Gasteiger partial charge in [0.15, 0.2) is 5.69 Å². The van der Waals surface area contributed by atoms with E-state index in [1.165, 1.54) is 14.1 Å². The van der Waals surface area contributed by atoms with E-state index in [-0.39, 0.29) is 11.5 Å². The van der Waals surface area contributed by atoms with Gasteiger partial charge in [-0.1, -0.05) is 18.2 Å². The molecule has 0 unspecified atom stereocenters. The van der Waals surface area contributed by atoms with Gasteiger partial charge in [0, 0.05) is 14.1 Å². The van der Waals surface area contributed by atoms with Crippen molar-refractivity contribution >= 4 is 17.2 Å². The summed E-state index contributed by atoms with van der Waals surface area (Å²) in [4.78, 5) is 23.5. The third-order valence-corrected chi connectivity index (χ3v) is 2.71. The van der Waals surface area contributed by atoms with Crippen LogP contribution in [-0.4, -0.2) is 9.13 Å². The Balaban J connectivity index is 2.56. The summed E-state index contributed by atoms with van der Waals surface area (Å²) in [6, 6.07) is 8.93. The Morgan fingerprint density at radius 2 is 1.63 bits per heavy atom. The summed E-state index contributed by atoms with van der Waals surface area (Å²) in [7, 11) is 2.84. The van der Waals surface area contributed by atoms with E-state index in [1.54, 1.807) is 24.3 Å². The topological polar surface area (TPSA) is 94.7 Å². The van der Waals surface area contributed by atoms with Gasteiger partial charge in [-0.05, 0) is 12.1 Å². The highest BCUT2D eigenvalue weighted by atomic mass is 16.2. The van der Waals surface area contributed by atoms with Crippen LogP contribution in [0.15, 0.2) is 50.1 Å². The van der Waals surface area contributed by atoms with Crippen molar-refractivity contribution in [3.8, 4) is 0 Å². The first-order valence-electron chi connectivity index (χ1n) is 5.54. The van der Waals surface area contributed by atoms with E-state index < -0.39 is 11.2 Å². The largest absolute Gasteiger partial charge is 0.383 e. The fraction of sp³-hybridized carbons (Fsp3) is 0.167. The second-order valence-corrected chi connectivity index (χ2v) is 3.98. The van der Waals surface area contributed by atoms with Gasteiger partial charge in [-0.3, -0.25) is 13.9 Å². The molecule has 0 aliphatic carbocycles. The molecule has 1 aromatic heterocycles. The minimum absolute atomic E-state index is 0.00668. The molecule has 0 fully saturated rings. The molecule has 0 aliphatic heterocycles. The van der Waals surface area contributed by atoms with Crippen molar-refractivity contribution in [3.63, 3.8) is 0 Å². The predicted molar refractivity (Wildman–Crippen MR) is 72.0 cm³/mol. The van der Waals surface area contributed by atoms with Crippen LogP contribution in [0.2, 0.25) is 0 Å². The fourth-order valence-corrected chi connectivity index (χ4v) is 1.54. The van der Waals surface area contributed by atoms with Gasteiger partial charge in [0.05, 0.1) is 5.69 Å². The molecule has 7 nitrogen and oxygen atoms in total. The molecule has 0 bridgehead atoms. The second kappa shape index (κ2) is 4.89. The molecule has 2 rings (SSSR count). The molecule has 0 aliphatic rings. The van der Waals surface area contributed by atoms with Crippen LogP contribution in [0.5, 0.6) is 0 Å². The minimum Gasteiger partial charge on any atom is -0.383 e. The number of azo groups is 1. The fourth-order valence-electron chi connectivity index (χ4n) is 1.54. The molecule has 0 radical (unpaired) electrons. The summed E-state index contributed by atoms with van der Waals surface area (Å²) >= 11 is 0. The van der Waals surface area contributed by atoms with Gasteiger partial charge >= 0.3 is 5.69 Å². The number of hydrogen-bond donors (Lipinski definition) is 1. The monoisotopic (exact) mass is 259 g/mol. The van der Waals surface area contributed by atoms with E-state index >= 15 is 0 Å². The molecule has 2 aromatic rings. The van der Waals surface area contributed by atoms with Crippen molar-refractivity contribution in [3.05, 3.63) is 51.2 Å². The summed E-state index contributed by atoms with van der Waals surface area (Å²) in [6.07, 6.45) is 0. The van der Waals surface area contributed by atoms with Crippen LogP contribution >= 0.6 is 0 Å². The number of aromatic nitrogens is 2. The highest BCUT2D eigenvalue weighted by Gasteiger charge is 2.12. The number of anilines is 1. The maximum Gasteiger partial charge on any atom is 0.332 e. The lowest BCUT2D eigenvalue weighted by Crippen LogP contribution is -2.37. The highest BCUT2D eigenvalue weighted by Crippen LogP contribution is 2.18. The molecule has 0 saturated heterocycles. The zero-order chi connectivity index (χ0) is 14.0. The average Bonchev–Trinajstić information content (AvgIpc) is 2.44. The molecule has 98 valence electrons. The Hall–Kier alpha value is -2.70. The predicted octanol–water partition coefficient (Wildman–Crippen LogP) is 1.08. The maximum absolute atomic E-state index is 11.9. The first-order chi connectivity index (χ1) is 9.02. The van der Waals surface area contributed by atoms with Gasteiger partial charge in [-0.2, -0.15) is 5.11 Å². The molecule has 0 saturated carbocycles. The zero-order valence-corrected chi connectivity index (χ0v) is 10.6. The van der Waals surface area contributed by atoms with Crippen LogP contribution in [0.25, 0.3) is 0 Å². The van der Waals surface area contributed by atoms with Gasteiger partial charge in [-0.15, -0.1) is 5.11 Å². The Morgan fingerprint density at radius 1 is 1.00 bits per heavy atom. The molecular formula is C12H13N5O2. The van der Waals surface area contributed by atoms with E-state index in [1.807, 2.05) is 6.07 Å². The molecule has 1 aromatic carbocycles. The zero-order valence-electron chi connectivity index (χ0n) is 10.6. The highest BCUT2D eigenvalue weighted by molar-refractivity contribution is 5.56. The van der Waals surface area contributed by atoms with Crippen LogP contribution in [0.4, 0.5) is 17.2 Å². The lowest BCUT2D eigenvalue weighted by molar-refractivity contribution is 0.694. The molecule has 0 spiro atoms. The number of benzene rings is 1. The summed E-state index contributed by atoms with van der Waals surface area (Å²) in [6.45, 7) is 0. The summed E-state index contributed by atoms with van der Waals surface area (Å²) < 4.78 is 2.09. The van der Waals surface area contributed by atoms with Gasteiger partial charge < -0.3 is 5.73 Å². The van der Waals surface area contributed by atoms with E-state index in [4.69, 9.17) is 5.73 Å². The Kier molecular flexibility index (Phi) is 3.28. The quantitative estimate of drug-likeness (QED) is 0.817. The number of nitrogen functional groups attached to an aromatic ring is 1. The minimum atomic E-state index is -0.569. The second-order valence-electron chi connectivity index (χ2n) is 3.98. The van der Waals surface area contributed by atoms with Gasteiger partial charge in [-0.25, -0.2) is 4.79 Å². The Labute approximate surface area is 108 Å². The molecule has 0 amide bonds. The van der Waals surface area contributed by atoms with Crippen molar-refractivity contribution in [2.24, 2.45) is 24.3 Å². The van der Waals surface area contributed by atoms with Crippen molar-refractivity contribution in [2.75, 3.05) is 5.73 Å². The summed E-state index contributed by atoms with van der Waals surface area (Å²) in [5.74, 6) is -0.00668. The smallest absolute Gasteiger partial charge is 0.332 e. The van der Waals surface area contributed by atoms with Crippen LogP contribution < -0.4 is 17.0 Å². The number of nitrogens with two attached hydrogens (primary N) is 1. The van der Waals surface area contributed by atoms with Gasteiger partial charge in [0.2, 0.25) is 0 Å². The molecule has 0 atom stereocenters. The average molecular weight is 259 g/mol. The third-order valence-electron chi connectivity index (χ3n) is 2.71. The lowest BCUT2D eigenvalue weighted by atomic mass is 10.3. The van der Waals surface area contributed by atoms with Crippen LogP contribution in [0, 0.1) is 0 Å². The van der Waals surface area contributed by atoms with Crippen LogP contribution in [0.3, 0.4) is 0 Å². The third kappa shape index (κ3) is 2.30. The van der Waals surface area contributed by atoms with Gasteiger partial charge in [0.25, 0.3) is 5.56 Å². The Morgan fingerprint density at radius 3 is 2.26 bits per heavy atom.